The predicted molar refractivity (Wildman–Crippen MR) is 103 cm³/mol. The summed E-state index contributed by atoms with van der Waals surface area (Å²) in [4.78, 5) is 0. The Hall–Kier alpha value is -2.67. The Bertz CT molecular complexity index is 749. The Morgan fingerprint density at radius 1 is 1.00 bits per heavy atom. The highest BCUT2D eigenvalue weighted by molar-refractivity contribution is 8.13. The van der Waals surface area contributed by atoms with Gasteiger partial charge < -0.3 is 19.9 Å². The zero-order valence-corrected chi connectivity index (χ0v) is 15.2. The minimum atomic E-state index is 0.388. The molecule has 0 saturated heterocycles. The van der Waals surface area contributed by atoms with Crippen LogP contribution in [0.25, 0.3) is 0 Å². The van der Waals surface area contributed by atoms with Crippen molar-refractivity contribution in [3.05, 3.63) is 53.6 Å². The van der Waals surface area contributed by atoms with E-state index in [1.54, 1.807) is 33.6 Å². The van der Waals surface area contributed by atoms with Gasteiger partial charge in [0.2, 0.25) is 5.75 Å². The van der Waals surface area contributed by atoms with Crippen molar-refractivity contribution < 1.29 is 14.2 Å². The average molecular weight is 359 g/mol. The first-order valence-corrected chi connectivity index (χ1v) is 8.50. The Balaban J connectivity index is 2.08. The van der Waals surface area contributed by atoms with Crippen LogP contribution in [0.1, 0.15) is 11.1 Å². The number of rotatable bonds is 7. The fourth-order valence-electron chi connectivity index (χ4n) is 2.13. The lowest BCUT2D eigenvalue weighted by Gasteiger charge is -2.13. The third-order valence-electron chi connectivity index (χ3n) is 3.32. The van der Waals surface area contributed by atoms with Crippen molar-refractivity contribution in [3.8, 4) is 17.2 Å². The van der Waals surface area contributed by atoms with E-state index < -0.39 is 0 Å². The molecule has 0 atom stereocenters. The van der Waals surface area contributed by atoms with E-state index in [4.69, 9.17) is 19.9 Å². The largest absolute Gasteiger partial charge is 0.493 e. The summed E-state index contributed by atoms with van der Waals surface area (Å²) in [5.74, 6) is 2.35. The molecule has 2 rings (SSSR count). The molecule has 0 spiro atoms. The monoisotopic (exact) mass is 359 g/mol. The zero-order chi connectivity index (χ0) is 18.1. The normalized spacial score (nSPS) is 11.6. The molecule has 0 aliphatic rings. The molecule has 7 heteroatoms. The number of thioether (sulfide) groups is 1. The number of hydrogen-bond donors (Lipinski definition) is 1. The zero-order valence-electron chi connectivity index (χ0n) is 14.4. The summed E-state index contributed by atoms with van der Waals surface area (Å²) < 4.78 is 16.0. The summed E-state index contributed by atoms with van der Waals surface area (Å²) in [6.45, 7) is 0. The van der Waals surface area contributed by atoms with Crippen LogP contribution in [-0.4, -0.2) is 32.7 Å². The lowest BCUT2D eigenvalue weighted by Crippen LogP contribution is -2.06. The van der Waals surface area contributed by atoms with Gasteiger partial charge in [0.25, 0.3) is 0 Å². The van der Waals surface area contributed by atoms with E-state index >= 15 is 0 Å². The van der Waals surface area contributed by atoms with E-state index in [1.165, 1.54) is 17.3 Å². The Kier molecular flexibility index (Phi) is 7.16. The molecule has 0 amide bonds. The van der Waals surface area contributed by atoms with E-state index in [1.807, 2.05) is 36.4 Å². The quantitative estimate of drug-likeness (QED) is 0.466. The van der Waals surface area contributed by atoms with Crippen molar-refractivity contribution in [1.82, 2.24) is 0 Å². The molecule has 0 aromatic heterocycles. The Morgan fingerprint density at radius 3 is 2.36 bits per heavy atom. The minimum Gasteiger partial charge on any atom is -0.493 e. The molecular weight excluding hydrogens is 338 g/mol. The maximum Gasteiger partial charge on any atom is 0.203 e. The number of hydrogen-bond acceptors (Lipinski definition) is 6. The standard InChI is InChI=1S/C18H21N3O3S/c1-22-15-10-9-14(16(23-2)17(15)24-3)11-20-21-18(19)25-12-13-7-5-4-6-8-13/h4-11H,12H2,1-3H3,(H2,19,21). The fourth-order valence-corrected chi connectivity index (χ4v) is 2.75. The van der Waals surface area contributed by atoms with E-state index in [0.29, 0.717) is 28.0 Å². The highest BCUT2D eigenvalue weighted by atomic mass is 32.2. The molecule has 0 saturated carbocycles. The molecule has 25 heavy (non-hydrogen) atoms. The van der Waals surface area contributed by atoms with E-state index in [2.05, 4.69) is 10.2 Å². The summed E-state index contributed by atoms with van der Waals surface area (Å²) in [7, 11) is 4.68. The van der Waals surface area contributed by atoms with Gasteiger partial charge in [0.1, 0.15) is 0 Å². The maximum atomic E-state index is 5.88. The number of ether oxygens (including phenoxy) is 3. The second kappa shape index (κ2) is 9.58. The first kappa shape index (κ1) is 18.7. The van der Waals surface area contributed by atoms with Crippen molar-refractivity contribution in [2.75, 3.05) is 21.3 Å². The predicted octanol–water partition coefficient (Wildman–Crippen LogP) is 3.29. The van der Waals surface area contributed by atoms with Gasteiger partial charge in [-0.05, 0) is 17.7 Å². The topological polar surface area (TPSA) is 78.4 Å². The lowest BCUT2D eigenvalue weighted by atomic mass is 10.2. The lowest BCUT2D eigenvalue weighted by molar-refractivity contribution is 0.324. The molecule has 0 radical (unpaired) electrons. The molecule has 0 unspecified atom stereocenters. The molecule has 2 N–H and O–H groups in total. The number of nitrogens with zero attached hydrogens (tertiary/aromatic N) is 2. The molecule has 0 bridgehead atoms. The van der Waals surface area contributed by atoms with Crippen molar-refractivity contribution in [2.24, 2.45) is 15.9 Å². The van der Waals surface area contributed by atoms with Gasteiger partial charge in [0.15, 0.2) is 16.7 Å². The van der Waals surface area contributed by atoms with Gasteiger partial charge in [0.05, 0.1) is 27.5 Å². The van der Waals surface area contributed by atoms with E-state index in [-0.39, 0.29) is 0 Å². The SMILES string of the molecule is COc1ccc(C=NN=C(N)SCc2ccccc2)c(OC)c1OC. The van der Waals surface area contributed by atoms with Crippen LogP contribution in [0.4, 0.5) is 0 Å². The number of amidine groups is 1. The van der Waals surface area contributed by atoms with E-state index in [0.717, 1.165) is 5.75 Å². The molecule has 0 fully saturated rings. The van der Waals surface area contributed by atoms with Crippen molar-refractivity contribution in [1.29, 1.82) is 0 Å². The Morgan fingerprint density at radius 2 is 1.72 bits per heavy atom. The summed E-state index contributed by atoms with van der Waals surface area (Å²) in [5, 5.41) is 8.43. The summed E-state index contributed by atoms with van der Waals surface area (Å²) >= 11 is 1.43. The smallest absolute Gasteiger partial charge is 0.203 e. The number of benzene rings is 2. The highest BCUT2D eigenvalue weighted by Gasteiger charge is 2.14. The van der Waals surface area contributed by atoms with Gasteiger partial charge in [-0.15, -0.1) is 5.10 Å². The van der Waals surface area contributed by atoms with Gasteiger partial charge >= 0.3 is 0 Å². The van der Waals surface area contributed by atoms with Crippen LogP contribution in [0.5, 0.6) is 17.2 Å². The summed E-state index contributed by atoms with van der Waals surface area (Å²) in [6.07, 6.45) is 1.57. The van der Waals surface area contributed by atoms with Crippen LogP contribution in [0.15, 0.2) is 52.7 Å². The van der Waals surface area contributed by atoms with Gasteiger partial charge in [-0.2, -0.15) is 5.10 Å². The maximum absolute atomic E-state index is 5.88. The highest BCUT2D eigenvalue weighted by Crippen LogP contribution is 2.38. The third-order valence-corrected chi connectivity index (χ3v) is 4.17. The number of methoxy groups -OCH3 is 3. The van der Waals surface area contributed by atoms with Crippen LogP contribution in [0, 0.1) is 0 Å². The van der Waals surface area contributed by atoms with Gasteiger partial charge in [-0.25, -0.2) is 0 Å². The Labute approximate surface area is 151 Å². The molecule has 0 aliphatic carbocycles. The summed E-state index contributed by atoms with van der Waals surface area (Å²) in [6, 6.07) is 13.6. The molecule has 2 aromatic carbocycles. The first-order chi connectivity index (χ1) is 12.2. The van der Waals surface area contributed by atoms with Crippen molar-refractivity contribution in [3.63, 3.8) is 0 Å². The first-order valence-electron chi connectivity index (χ1n) is 7.51. The van der Waals surface area contributed by atoms with Crippen molar-refractivity contribution >= 4 is 23.1 Å². The minimum absolute atomic E-state index is 0.388. The summed E-state index contributed by atoms with van der Waals surface area (Å²) in [5.41, 5.74) is 7.77. The van der Waals surface area contributed by atoms with Gasteiger partial charge in [0, 0.05) is 11.3 Å². The fraction of sp³-hybridized carbons (Fsp3) is 0.222. The second-order valence-corrected chi connectivity index (χ2v) is 5.88. The molecule has 0 aliphatic heterocycles. The van der Waals surface area contributed by atoms with Crippen molar-refractivity contribution in [2.45, 2.75) is 5.75 Å². The average Bonchev–Trinajstić information content (AvgIpc) is 2.66. The molecule has 2 aromatic rings. The van der Waals surface area contributed by atoms with Crippen LogP contribution in [0.3, 0.4) is 0 Å². The molecule has 0 heterocycles. The van der Waals surface area contributed by atoms with E-state index in [9.17, 15) is 0 Å². The second-order valence-electron chi connectivity index (χ2n) is 4.88. The molecule has 6 nitrogen and oxygen atoms in total. The van der Waals surface area contributed by atoms with Crippen LogP contribution >= 0.6 is 11.8 Å². The van der Waals surface area contributed by atoms with Crippen LogP contribution < -0.4 is 19.9 Å². The van der Waals surface area contributed by atoms with Crippen LogP contribution in [0.2, 0.25) is 0 Å². The van der Waals surface area contributed by atoms with Crippen LogP contribution in [-0.2, 0) is 5.75 Å². The van der Waals surface area contributed by atoms with Gasteiger partial charge in [-0.3, -0.25) is 0 Å². The molecular formula is C18H21N3O3S. The molecule has 132 valence electrons. The number of nitrogens with two attached hydrogens (primary N) is 1. The van der Waals surface area contributed by atoms with Gasteiger partial charge in [-0.1, -0.05) is 42.1 Å². The third kappa shape index (κ3) is 5.15.